The Labute approximate surface area is 146 Å². The Bertz CT molecular complexity index is 906. The lowest BCUT2D eigenvalue weighted by molar-refractivity contribution is -0.187. The Balaban J connectivity index is 2.02. The lowest BCUT2D eigenvalue weighted by atomic mass is 9.96. The van der Waals surface area contributed by atoms with E-state index >= 15 is 0 Å². The van der Waals surface area contributed by atoms with Gasteiger partial charge in [-0.3, -0.25) is 9.59 Å². The molecule has 1 amide bonds. The Hall–Kier alpha value is -2.65. The molecule has 3 heterocycles. The van der Waals surface area contributed by atoms with E-state index in [9.17, 15) is 22.8 Å². The van der Waals surface area contributed by atoms with Gasteiger partial charge in [-0.05, 0) is 26.8 Å². The number of hydrogen-bond acceptors (Lipinski definition) is 4. The summed E-state index contributed by atoms with van der Waals surface area (Å²) in [7, 11) is 0. The maximum absolute atomic E-state index is 13.2. The van der Waals surface area contributed by atoms with E-state index < -0.39 is 43.0 Å². The van der Waals surface area contributed by atoms with Crippen molar-refractivity contribution in [3.05, 3.63) is 28.7 Å². The summed E-state index contributed by atoms with van der Waals surface area (Å²) in [6.45, 7) is 3.89. The van der Waals surface area contributed by atoms with Gasteiger partial charge in [0.25, 0.3) is 5.91 Å². The average Bonchev–Trinajstić information content (AvgIpc) is 3.08. The fourth-order valence-electron chi connectivity index (χ4n) is 3.39. The predicted molar refractivity (Wildman–Crippen MR) is 83.8 cm³/mol. The number of alkyl halides is 3. The second-order valence-electron chi connectivity index (χ2n) is 6.54. The van der Waals surface area contributed by atoms with Gasteiger partial charge < -0.3 is 10.0 Å². The van der Waals surface area contributed by atoms with Gasteiger partial charge >= 0.3 is 12.1 Å². The van der Waals surface area contributed by atoms with Gasteiger partial charge in [0.1, 0.15) is 5.56 Å². The van der Waals surface area contributed by atoms with Crippen LogP contribution in [0.2, 0.25) is 0 Å². The molecule has 0 spiro atoms. The van der Waals surface area contributed by atoms with E-state index in [0.717, 1.165) is 10.6 Å². The van der Waals surface area contributed by atoms with Crippen molar-refractivity contribution in [1.29, 1.82) is 0 Å². The number of nitrogens with zero attached hydrogens (tertiary/aromatic N) is 4. The molecule has 0 radical (unpaired) electrons. The summed E-state index contributed by atoms with van der Waals surface area (Å²) >= 11 is 0. The first-order valence-electron chi connectivity index (χ1n) is 7.93. The van der Waals surface area contributed by atoms with Crippen molar-refractivity contribution >= 4 is 17.5 Å². The third-order valence-corrected chi connectivity index (χ3v) is 4.63. The van der Waals surface area contributed by atoms with E-state index in [1.807, 2.05) is 0 Å². The molecule has 1 aliphatic heterocycles. The second kappa shape index (κ2) is 5.96. The van der Waals surface area contributed by atoms with Crippen LogP contribution in [0.25, 0.3) is 5.65 Å². The van der Waals surface area contributed by atoms with Crippen LogP contribution < -0.4 is 0 Å². The largest absolute Gasteiger partial charge is 0.481 e. The first kappa shape index (κ1) is 18.2. The van der Waals surface area contributed by atoms with Crippen LogP contribution in [-0.2, 0) is 4.79 Å². The van der Waals surface area contributed by atoms with Crippen LogP contribution in [0.4, 0.5) is 13.2 Å². The molecule has 1 fully saturated rings. The Morgan fingerprint density at radius 3 is 2.42 bits per heavy atom. The number of carbonyl (C=O) groups is 2. The van der Waals surface area contributed by atoms with Crippen LogP contribution >= 0.6 is 0 Å². The number of rotatable bonds is 2. The molecule has 0 saturated carbocycles. The first-order chi connectivity index (χ1) is 12.0. The zero-order valence-electron chi connectivity index (χ0n) is 14.3. The van der Waals surface area contributed by atoms with E-state index in [0.29, 0.717) is 11.4 Å². The van der Waals surface area contributed by atoms with E-state index in [1.165, 1.54) is 4.52 Å². The van der Waals surface area contributed by atoms with Gasteiger partial charge in [0.05, 0.1) is 17.5 Å². The number of halogens is 3. The maximum Gasteiger partial charge on any atom is 0.394 e. The average molecular weight is 370 g/mol. The minimum Gasteiger partial charge on any atom is -0.481 e. The standard InChI is InChI=1S/C16H17F3N4O3/c1-7-4-8(2)23-13(20-7)12(9(3)21-23)14(24)22-5-10(15(25)26)11(6-22)16(17,18)19/h4,10-11H,5-6H2,1-3H3,(H,25,26)/t10-,11-/m1/s1. The molecule has 1 saturated heterocycles. The molecule has 10 heteroatoms. The Morgan fingerprint density at radius 2 is 1.88 bits per heavy atom. The summed E-state index contributed by atoms with van der Waals surface area (Å²) in [6.07, 6.45) is -4.69. The summed E-state index contributed by atoms with van der Waals surface area (Å²) in [4.78, 5) is 29.3. The number of fused-ring (bicyclic) bond motifs is 1. The first-order valence-corrected chi connectivity index (χ1v) is 7.93. The molecular weight excluding hydrogens is 353 g/mol. The Kier molecular flexibility index (Phi) is 4.16. The topological polar surface area (TPSA) is 87.8 Å². The molecule has 3 rings (SSSR count). The highest BCUT2D eigenvalue weighted by atomic mass is 19.4. The molecule has 2 atom stereocenters. The fraction of sp³-hybridized carbons (Fsp3) is 0.500. The van der Waals surface area contributed by atoms with Crippen molar-refractivity contribution in [3.63, 3.8) is 0 Å². The minimum absolute atomic E-state index is 0.101. The summed E-state index contributed by atoms with van der Waals surface area (Å²) in [5.41, 5.74) is 2.06. The van der Waals surface area contributed by atoms with Gasteiger partial charge in [0, 0.05) is 24.5 Å². The van der Waals surface area contributed by atoms with Crippen molar-refractivity contribution in [3.8, 4) is 0 Å². The number of aromatic nitrogens is 3. The molecular formula is C16H17F3N4O3. The van der Waals surface area contributed by atoms with Crippen LogP contribution in [0.1, 0.15) is 27.4 Å². The van der Waals surface area contributed by atoms with Gasteiger partial charge in [-0.1, -0.05) is 0 Å². The van der Waals surface area contributed by atoms with Crippen molar-refractivity contribution in [2.24, 2.45) is 11.8 Å². The summed E-state index contributed by atoms with van der Waals surface area (Å²) in [6, 6.07) is 1.77. The summed E-state index contributed by atoms with van der Waals surface area (Å²) in [5, 5.41) is 13.3. The molecule has 1 N–H and O–H groups in total. The van der Waals surface area contributed by atoms with E-state index in [-0.39, 0.29) is 11.2 Å². The minimum atomic E-state index is -4.69. The van der Waals surface area contributed by atoms with Crippen LogP contribution in [0, 0.1) is 32.6 Å². The fourth-order valence-corrected chi connectivity index (χ4v) is 3.39. The third-order valence-electron chi connectivity index (χ3n) is 4.63. The van der Waals surface area contributed by atoms with Crippen LogP contribution in [0.5, 0.6) is 0 Å². The van der Waals surface area contributed by atoms with Crippen molar-refractivity contribution < 1.29 is 27.9 Å². The van der Waals surface area contributed by atoms with Crippen molar-refractivity contribution in [2.75, 3.05) is 13.1 Å². The van der Waals surface area contributed by atoms with E-state index in [4.69, 9.17) is 5.11 Å². The molecule has 0 aliphatic carbocycles. The second-order valence-corrected chi connectivity index (χ2v) is 6.54. The maximum atomic E-state index is 13.2. The molecule has 140 valence electrons. The van der Waals surface area contributed by atoms with Gasteiger partial charge in [-0.2, -0.15) is 18.3 Å². The van der Waals surface area contributed by atoms with Gasteiger partial charge in [0.2, 0.25) is 0 Å². The zero-order valence-corrected chi connectivity index (χ0v) is 14.3. The monoisotopic (exact) mass is 370 g/mol. The zero-order chi connectivity index (χ0) is 19.4. The van der Waals surface area contributed by atoms with Crippen LogP contribution in [0.3, 0.4) is 0 Å². The molecule has 0 unspecified atom stereocenters. The van der Waals surface area contributed by atoms with E-state index in [1.54, 1.807) is 26.8 Å². The smallest absolute Gasteiger partial charge is 0.394 e. The Morgan fingerprint density at radius 1 is 1.23 bits per heavy atom. The SMILES string of the molecule is Cc1cc(C)n2nc(C)c(C(=O)N3C[C@@H](C(F)(F)F)[C@H](C(=O)O)C3)c2n1. The normalized spacial score (nSPS) is 20.8. The third kappa shape index (κ3) is 2.89. The quantitative estimate of drug-likeness (QED) is 0.874. The summed E-state index contributed by atoms with van der Waals surface area (Å²) < 4.78 is 40.9. The predicted octanol–water partition coefficient (Wildman–Crippen LogP) is 1.99. The highest BCUT2D eigenvalue weighted by Gasteiger charge is 2.53. The van der Waals surface area contributed by atoms with Crippen LogP contribution in [0.15, 0.2) is 6.07 Å². The van der Waals surface area contributed by atoms with Crippen molar-refractivity contribution in [1.82, 2.24) is 19.5 Å². The lowest BCUT2D eigenvalue weighted by Gasteiger charge is -2.18. The van der Waals surface area contributed by atoms with Crippen molar-refractivity contribution in [2.45, 2.75) is 26.9 Å². The van der Waals surface area contributed by atoms with Gasteiger partial charge in [-0.15, -0.1) is 0 Å². The summed E-state index contributed by atoms with van der Waals surface area (Å²) in [5.74, 6) is -6.03. The van der Waals surface area contributed by atoms with Crippen LogP contribution in [-0.4, -0.2) is 55.7 Å². The molecule has 2 aromatic rings. The molecule has 0 aromatic carbocycles. The molecule has 1 aliphatic rings. The highest BCUT2D eigenvalue weighted by molar-refractivity contribution is 6.01. The van der Waals surface area contributed by atoms with E-state index in [2.05, 4.69) is 10.1 Å². The number of aliphatic carboxylic acids is 1. The number of aryl methyl sites for hydroxylation is 3. The molecule has 2 aromatic heterocycles. The number of hydrogen-bond donors (Lipinski definition) is 1. The number of carbonyl (C=O) groups excluding carboxylic acids is 1. The molecule has 26 heavy (non-hydrogen) atoms. The van der Waals surface area contributed by atoms with Gasteiger partial charge in [-0.25, -0.2) is 9.50 Å². The highest BCUT2D eigenvalue weighted by Crippen LogP contribution is 2.38. The number of carboxylic acid groups (broad SMARTS) is 1. The van der Waals surface area contributed by atoms with Gasteiger partial charge in [0.15, 0.2) is 5.65 Å². The number of carboxylic acids is 1. The lowest BCUT2D eigenvalue weighted by Crippen LogP contribution is -2.34. The molecule has 7 nitrogen and oxygen atoms in total. The molecule has 0 bridgehead atoms. The number of amides is 1. The number of likely N-dealkylation sites (tertiary alicyclic amines) is 1.